The van der Waals surface area contributed by atoms with Crippen molar-refractivity contribution in [2.24, 2.45) is 23.7 Å². The number of hydrogen-bond donors (Lipinski definition) is 0. The Morgan fingerprint density at radius 2 is 1.40 bits per heavy atom. The van der Waals surface area contributed by atoms with Crippen molar-refractivity contribution in [2.45, 2.75) is 12.8 Å². The first kappa shape index (κ1) is 12.2. The first-order valence-electron chi connectivity index (χ1n) is 6.98. The van der Waals surface area contributed by atoms with Gasteiger partial charge in [0.05, 0.1) is 17.5 Å². The van der Waals surface area contributed by atoms with Crippen molar-refractivity contribution >= 4 is 29.1 Å². The summed E-state index contributed by atoms with van der Waals surface area (Å²) < 4.78 is 0. The summed E-state index contributed by atoms with van der Waals surface area (Å²) in [5, 5.41) is 0.604. The molecule has 2 amide bonds. The van der Waals surface area contributed by atoms with E-state index in [2.05, 4.69) is 12.2 Å². The number of halogens is 1. The van der Waals surface area contributed by atoms with E-state index in [4.69, 9.17) is 11.6 Å². The normalized spacial score (nSPS) is 34.8. The molecule has 20 heavy (non-hydrogen) atoms. The van der Waals surface area contributed by atoms with Gasteiger partial charge in [0.2, 0.25) is 11.8 Å². The number of carbonyl (C=O) groups is 2. The van der Waals surface area contributed by atoms with Crippen LogP contribution in [0.2, 0.25) is 5.02 Å². The van der Waals surface area contributed by atoms with Gasteiger partial charge < -0.3 is 0 Å². The van der Waals surface area contributed by atoms with Gasteiger partial charge in [-0.1, -0.05) is 23.8 Å². The summed E-state index contributed by atoms with van der Waals surface area (Å²) in [5.74, 6) is 0.0871. The highest BCUT2D eigenvalue weighted by Gasteiger charge is 2.56. The van der Waals surface area contributed by atoms with Gasteiger partial charge in [0.15, 0.2) is 0 Å². The second-order valence-electron chi connectivity index (χ2n) is 5.83. The molecule has 1 aromatic carbocycles. The van der Waals surface area contributed by atoms with Crippen LogP contribution in [0.25, 0.3) is 0 Å². The largest absolute Gasteiger partial charge is 0.274 e. The lowest BCUT2D eigenvalue weighted by atomic mass is 9.63. The van der Waals surface area contributed by atoms with Crippen LogP contribution < -0.4 is 4.90 Å². The molecule has 4 atom stereocenters. The van der Waals surface area contributed by atoms with Crippen molar-refractivity contribution in [1.82, 2.24) is 0 Å². The monoisotopic (exact) mass is 287 g/mol. The molecule has 3 nitrogen and oxygen atoms in total. The molecule has 3 aliphatic carbocycles. The van der Waals surface area contributed by atoms with Crippen molar-refractivity contribution in [3.05, 3.63) is 41.4 Å². The number of allylic oxidation sites excluding steroid dienone is 2. The molecule has 102 valence electrons. The van der Waals surface area contributed by atoms with Gasteiger partial charge in [-0.25, -0.2) is 0 Å². The Labute approximate surface area is 122 Å². The molecule has 4 heteroatoms. The lowest BCUT2D eigenvalue weighted by Gasteiger charge is -2.38. The van der Waals surface area contributed by atoms with Gasteiger partial charge in [-0.2, -0.15) is 0 Å². The van der Waals surface area contributed by atoms with E-state index in [1.54, 1.807) is 24.3 Å². The third-order valence-electron chi connectivity index (χ3n) is 4.84. The minimum Gasteiger partial charge on any atom is -0.274 e. The average Bonchev–Trinajstić information content (AvgIpc) is 2.76. The summed E-state index contributed by atoms with van der Waals surface area (Å²) in [6.07, 6.45) is 6.31. The van der Waals surface area contributed by atoms with Crippen LogP contribution in [0.5, 0.6) is 0 Å². The molecule has 1 saturated carbocycles. The SMILES string of the molecule is O=C1[C@@H]2[C@@H](C(=O)N1c1ccc(Cl)cc1)[C@H]1C=C[C@@H]2CC1. The lowest BCUT2D eigenvalue weighted by molar-refractivity contribution is -0.124. The number of nitrogens with zero attached hydrogens (tertiary/aromatic N) is 1. The molecule has 4 aliphatic rings. The topological polar surface area (TPSA) is 37.4 Å². The van der Waals surface area contributed by atoms with Crippen LogP contribution in [0.15, 0.2) is 36.4 Å². The van der Waals surface area contributed by atoms with Crippen LogP contribution in [-0.4, -0.2) is 11.8 Å². The zero-order valence-electron chi connectivity index (χ0n) is 10.8. The molecule has 5 rings (SSSR count). The summed E-state index contributed by atoms with van der Waals surface area (Å²) in [5.41, 5.74) is 0.637. The smallest absolute Gasteiger partial charge is 0.238 e. The number of rotatable bonds is 1. The lowest BCUT2D eigenvalue weighted by Crippen LogP contribution is -2.38. The predicted octanol–water partition coefficient (Wildman–Crippen LogP) is 3.04. The van der Waals surface area contributed by atoms with Crippen molar-refractivity contribution < 1.29 is 9.59 Å². The Hall–Kier alpha value is -1.61. The third kappa shape index (κ3) is 1.53. The second-order valence-corrected chi connectivity index (χ2v) is 6.27. The zero-order chi connectivity index (χ0) is 13.9. The summed E-state index contributed by atoms with van der Waals surface area (Å²) in [6, 6.07) is 6.91. The first-order valence-corrected chi connectivity index (χ1v) is 7.36. The van der Waals surface area contributed by atoms with Crippen LogP contribution in [0.3, 0.4) is 0 Å². The average molecular weight is 288 g/mol. The molecule has 0 aromatic heterocycles. The Bertz CT molecular complexity index is 590. The Kier molecular flexibility index (Phi) is 2.55. The van der Waals surface area contributed by atoms with Gasteiger partial charge >= 0.3 is 0 Å². The zero-order valence-corrected chi connectivity index (χ0v) is 11.6. The predicted molar refractivity (Wildman–Crippen MR) is 76.3 cm³/mol. The number of amides is 2. The molecular weight excluding hydrogens is 274 g/mol. The van der Waals surface area contributed by atoms with Crippen molar-refractivity contribution in [1.29, 1.82) is 0 Å². The Morgan fingerprint density at radius 3 is 1.85 bits per heavy atom. The van der Waals surface area contributed by atoms with Crippen LogP contribution in [0.1, 0.15) is 12.8 Å². The second kappa shape index (κ2) is 4.19. The van der Waals surface area contributed by atoms with Crippen LogP contribution in [-0.2, 0) is 9.59 Å². The number of imide groups is 1. The third-order valence-corrected chi connectivity index (χ3v) is 5.10. The van der Waals surface area contributed by atoms with Gasteiger partial charge in [0.25, 0.3) is 0 Å². The van der Waals surface area contributed by atoms with Gasteiger partial charge in [-0.05, 0) is 48.9 Å². The Balaban J connectivity index is 1.75. The highest BCUT2D eigenvalue weighted by Crippen LogP contribution is 2.50. The van der Waals surface area contributed by atoms with E-state index in [0.29, 0.717) is 10.7 Å². The Morgan fingerprint density at radius 1 is 0.900 bits per heavy atom. The number of carbonyl (C=O) groups excluding carboxylic acids is 2. The van der Waals surface area contributed by atoms with E-state index in [-0.39, 0.29) is 35.5 Å². The maximum atomic E-state index is 12.7. The fraction of sp³-hybridized carbons (Fsp3) is 0.375. The van der Waals surface area contributed by atoms with Gasteiger partial charge in [0.1, 0.15) is 0 Å². The van der Waals surface area contributed by atoms with E-state index in [1.165, 1.54) is 4.90 Å². The molecule has 0 N–H and O–H groups in total. The molecule has 1 aliphatic heterocycles. The maximum absolute atomic E-state index is 12.7. The summed E-state index contributed by atoms with van der Waals surface area (Å²) in [7, 11) is 0. The summed E-state index contributed by atoms with van der Waals surface area (Å²) in [4.78, 5) is 26.7. The molecule has 1 heterocycles. The minimum absolute atomic E-state index is 0.0404. The molecule has 2 fully saturated rings. The summed E-state index contributed by atoms with van der Waals surface area (Å²) >= 11 is 5.87. The van der Waals surface area contributed by atoms with Crippen molar-refractivity contribution in [3.63, 3.8) is 0 Å². The fourth-order valence-corrected chi connectivity index (χ4v) is 4.04. The first-order chi connectivity index (χ1) is 9.66. The van der Waals surface area contributed by atoms with Crippen LogP contribution in [0.4, 0.5) is 5.69 Å². The number of hydrogen-bond acceptors (Lipinski definition) is 2. The van der Waals surface area contributed by atoms with Gasteiger partial charge in [0, 0.05) is 5.02 Å². The molecule has 0 radical (unpaired) electrons. The maximum Gasteiger partial charge on any atom is 0.238 e. The minimum atomic E-state index is -0.151. The summed E-state index contributed by atoms with van der Waals surface area (Å²) in [6.45, 7) is 0. The van der Waals surface area contributed by atoms with E-state index in [1.807, 2.05) is 0 Å². The molecule has 1 aromatic rings. The van der Waals surface area contributed by atoms with Crippen LogP contribution >= 0.6 is 11.6 Å². The number of anilines is 1. The number of benzene rings is 1. The molecule has 1 saturated heterocycles. The fourth-order valence-electron chi connectivity index (χ4n) is 3.92. The van der Waals surface area contributed by atoms with Crippen LogP contribution in [0, 0.1) is 23.7 Å². The molecular formula is C16H14ClNO2. The molecule has 0 unspecified atom stereocenters. The van der Waals surface area contributed by atoms with Gasteiger partial charge in [-0.3, -0.25) is 14.5 Å². The van der Waals surface area contributed by atoms with E-state index in [0.717, 1.165) is 12.8 Å². The van der Waals surface area contributed by atoms with Crippen molar-refractivity contribution in [2.75, 3.05) is 4.90 Å². The molecule has 2 bridgehead atoms. The highest BCUT2D eigenvalue weighted by molar-refractivity contribution is 6.30. The standard InChI is InChI=1S/C16H14ClNO2/c17-11-5-7-12(8-6-11)18-15(19)13-9-1-2-10(4-3-9)14(13)16(18)20/h1-2,5-10,13-14H,3-4H2/t9-,10+,13-,14-/m0/s1. The quantitative estimate of drug-likeness (QED) is 0.588. The highest BCUT2D eigenvalue weighted by atomic mass is 35.5. The van der Waals surface area contributed by atoms with E-state index >= 15 is 0 Å². The van der Waals surface area contributed by atoms with Gasteiger partial charge in [-0.15, -0.1) is 0 Å². The van der Waals surface area contributed by atoms with E-state index in [9.17, 15) is 9.59 Å². The van der Waals surface area contributed by atoms with Crippen molar-refractivity contribution in [3.8, 4) is 0 Å². The van der Waals surface area contributed by atoms with E-state index < -0.39 is 0 Å². The molecule has 0 spiro atoms. The number of fused-ring (bicyclic) bond motifs is 1.